The Hall–Kier alpha value is -1.85. The van der Waals surface area contributed by atoms with Crippen molar-refractivity contribution in [2.24, 2.45) is 0 Å². The Morgan fingerprint density at radius 1 is 1.23 bits per heavy atom. The molecule has 1 aromatic heterocycles. The van der Waals surface area contributed by atoms with Crippen LogP contribution < -0.4 is 10.6 Å². The van der Waals surface area contributed by atoms with Crippen LogP contribution in [0.1, 0.15) is 30.8 Å². The van der Waals surface area contributed by atoms with Gasteiger partial charge in [0.25, 0.3) is 5.91 Å². The van der Waals surface area contributed by atoms with Crippen LogP contribution >= 0.6 is 23.2 Å². The summed E-state index contributed by atoms with van der Waals surface area (Å²) in [6.07, 6.45) is 0.853. The quantitative estimate of drug-likeness (QED) is 0.862. The summed E-state index contributed by atoms with van der Waals surface area (Å²) in [4.78, 5) is 11.9. The van der Waals surface area contributed by atoms with Gasteiger partial charge in [-0.2, -0.15) is 0 Å². The predicted molar refractivity (Wildman–Crippen MR) is 89.0 cm³/mol. The van der Waals surface area contributed by atoms with Crippen molar-refractivity contribution < 1.29 is 4.79 Å². The third-order valence-corrected chi connectivity index (χ3v) is 3.92. The van der Waals surface area contributed by atoms with Gasteiger partial charge in [0.2, 0.25) is 0 Å². The molecule has 0 radical (unpaired) electrons. The van der Waals surface area contributed by atoms with E-state index in [9.17, 15) is 4.79 Å². The highest BCUT2D eigenvalue weighted by atomic mass is 35.5. The molecule has 0 saturated carbocycles. The summed E-state index contributed by atoms with van der Waals surface area (Å²) in [5.41, 5.74) is 0.892. The number of rotatable bonds is 5. The molecule has 1 amide bonds. The number of carbonyl (C=O) groups excluding carboxylic acids is 1. The number of halogens is 2. The summed E-state index contributed by atoms with van der Waals surface area (Å²) in [5, 5.41) is 14.6. The summed E-state index contributed by atoms with van der Waals surface area (Å²) >= 11 is 12.0. The number of carbonyl (C=O) groups is 1. The third-order valence-electron chi connectivity index (χ3n) is 3.10. The van der Waals surface area contributed by atoms with Crippen LogP contribution in [0.2, 0.25) is 10.0 Å². The molecule has 2 N–H and O–H groups in total. The number of nitrogens with one attached hydrogen (secondary N) is 2. The van der Waals surface area contributed by atoms with Crippen molar-refractivity contribution in [3.8, 4) is 0 Å². The fourth-order valence-corrected chi connectivity index (χ4v) is 2.01. The van der Waals surface area contributed by atoms with Crippen molar-refractivity contribution in [2.75, 3.05) is 5.32 Å². The smallest absolute Gasteiger partial charge is 0.272 e. The van der Waals surface area contributed by atoms with E-state index in [0.29, 0.717) is 21.6 Å². The van der Waals surface area contributed by atoms with E-state index in [4.69, 9.17) is 23.2 Å². The average molecular weight is 339 g/mol. The maximum atomic E-state index is 11.9. The highest BCUT2D eigenvalue weighted by Crippen LogP contribution is 2.31. The first-order chi connectivity index (χ1) is 10.5. The highest BCUT2D eigenvalue weighted by molar-refractivity contribution is 6.43. The largest absolute Gasteiger partial charge is 0.348 e. The van der Waals surface area contributed by atoms with E-state index in [-0.39, 0.29) is 17.6 Å². The van der Waals surface area contributed by atoms with E-state index in [2.05, 4.69) is 20.8 Å². The van der Waals surface area contributed by atoms with Crippen molar-refractivity contribution in [3.05, 3.63) is 46.1 Å². The predicted octanol–water partition coefficient (Wildman–Crippen LogP) is 4.06. The SMILES string of the molecule is CCC(C)NC(=O)c1ccc(Nc2cccc(Cl)c2Cl)nn1. The molecule has 0 aliphatic rings. The molecule has 0 fully saturated rings. The van der Waals surface area contributed by atoms with Crippen molar-refractivity contribution in [3.63, 3.8) is 0 Å². The monoisotopic (exact) mass is 338 g/mol. The van der Waals surface area contributed by atoms with E-state index in [1.807, 2.05) is 13.8 Å². The number of amides is 1. The van der Waals surface area contributed by atoms with Crippen LogP contribution in [0.3, 0.4) is 0 Å². The van der Waals surface area contributed by atoms with Gasteiger partial charge < -0.3 is 10.6 Å². The Kier molecular flexibility index (Phi) is 5.57. The lowest BCUT2D eigenvalue weighted by atomic mass is 10.2. The number of anilines is 2. The minimum atomic E-state index is -0.241. The first-order valence-electron chi connectivity index (χ1n) is 6.87. The Morgan fingerprint density at radius 2 is 2.00 bits per heavy atom. The topological polar surface area (TPSA) is 66.9 Å². The van der Waals surface area contributed by atoms with Gasteiger partial charge in [0.15, 0.2) is 11.5 Å². The van der Waals surface area contributed by atoms with Gasteiger partial charge in [-0.1, -0.05) is 36.2 Å². The summed E-state index contributed by atoms with van der Waals surface area (Å²) in [6, 6.07) is 8.61. The Balaban J connectivity index is 2.09. The lowest BCUT2D eigenvalue weighted by Gasteiger charge is -2.11. The van der Waals surface area contributed by atoms with Crippen molar-refractivity contribution in [1.82, 2.24) is 15.5 Å². The van der Waals surface area contributed by atoms with Gasteiger partial charge in [0.1, 0.15) is 0 Å². The van der Waals surface area contributed by atoms with E-state index >= 15 is 0 Å². The summed E-state index contributed by atoms with van der Waals surface area (Å²) in [6.45, 7) is 3.93. The van der Waals surface area contributed by atoms with Gasteiger partial charge in [-0.3, -0.25) is 4.79 Å². The summed E-state index contributed by atoms with van der Waals surface area (Å²) in [5.74, 6) is 0.235. The lowest BCUT2D eigenvalue weighted by Crippen LogP contribution is -2.32. The fraction of sp³-hybridized carbons (Fsp3) is 0.267. The fourth-order valence-electron chi connectivity index (χ4n) is 1.66. The average Bonchev–Trinajstić information content (AvgIpc) is 2.52. The number of nitrogens with zero attached hydrogens (tertiary/aromatic N) is 2. The molecule has 0 aliphatic heterocycles. The number of hydrogen-bond acceptors (Lipinski definition) is 4. The zero-order valence-corrected chi connectivity index (χ0v) is 13.7. The second-order valence-corrected chi connectivity index (χ2v) is 5.60. The van der Waals surface area contributed by atoms with Crippen LogP contribution in [-0.4, -0.2) is 22.1 Å². The molecule has 0 aliphatic carbocycles. The highest BCUT2D eigenvalue weighted by Gasteiger charge is 2.11. The van der Waals surface area contributed by atoms with Crippen LogP contribution in [0.5, 0.6) is 0 Å². The maximum absolute atomic E-state index is 11.9. The molecule has 2 aromatic rings. The lowest BCUT2D eigenvalue weighted by molar-refractivity contribution is 0.0933. The molecule has 2 rings (SSSR count). The van der Waals surface area contributed by atoms with Crippen molar-refractivity contribution >= 4 is 40.6 Å². The molecule has 1 atom stereocenters. The standard InChI is InChI=1S/C15H16Cl2N4O/c1-3-9(2)18-15(22)12-7-8-13(21-20-12)19-11-6-4-5-10(16)14(11)17/h4-9H,3H2,1-2H3,(H,18,22)(H,19,21). The first-order valence-corrected chi connectivity index (χ1v) is 7.62. The Bertz CT molecular complexity index is 661. The van der Waals surface area contributed by atoms with E-state index in [1.165, 1.54) is 0 Å². The normalized spacial score (nSPS) is 11.8. The number of benzene rings is 1. The number of hydrogen-bond donors (Lipinski definition) is 2. The van der Waals surface area contributed by atoms with Crippen LogP contribution in [0.4, 0.5) is 11.5 Å². The Morgan fingerprint density at radius 3 is 2.64 bits per heavy atom. The molecule has 116 valence electrons. The summed E-state index contributed by atoms with van der Waals surface area (Å²) < 4.78 is 0. The van der Waals surface area contributed by atoms with Gasteiger partial charge in [0, 0.05) is 6.04 Å². The van der Waals surface area contributed by atoms with Gasteiger partial charge in [-0.05, 0) is 37.6 Å². The molecule has 0 spiro atoms. The molecule has 1 heterocycles. The zero-order chi connectivity index (χ0) is 16.1. The van der Waals surface area contributed by atoms with Crippen LogP contribution in [0.15, 0.2) is 30.3 Å². The van der Waals surface area contributed by atoms with E-state index in [1.54, 1.807) is 30.3 Å². The van der Waals surface area contributed by atoms with Gasteiger partial charge >= 0.3 is 0 Å². The molecular weight excluding hydrogens is 323 g/mol. The van der Waals surface area contributed by atoms with Gasteiger partial charge in [-0.15, -0.1) is 10.2 Å². The van der Waals surface area contributed by atoms with E-state index in [0.717, 1.165) is 6.42 Å². The van der Waals surface area contributed by atoms with Crippen molar-refractivity contribution in [1.29, 1.82) is 0 Å². The van der Waals surface area contributed by atoms with Crippen LogP contribution in [-0.2, 0) is 0 Å². The van der Waals surface area contributed by atoms with Gasteiger partial charge in [0.05, 0.1) is 15.7 Å². The second-order valence-electron chi connectivity index (χ2n) is 4.81. The maximum Gasteiger partial charge on any atom is 0.272 e. The van der Waals surface area contributed by atoms with Gasteiger partial charge in [-0.25, -0.2) is 0 Å². The molecule has 22 heavy (non-hydrogen) atoms. The van der Waals surface area contributed by atoms with E-state index < -0.39 is 0 Å². The minimum Gasteiger partial charge on any atom is -0.348 e. The summed E-state index contributed by atoms with van der Waals surface area (Å²) in [7, 11) is 0. The molecule has 5 nitrogen and oxygen atoms in total. The molecule has 0 bridgehead atoms. The molecule has 7 heteroatoms. The minimum absolute atomic E-state index is 0.0948. The molecule has 1 aromatic carbocycles. The third kappa shape index (κ3) is 4.08. The molecule has 0 saturated heterocycles. The first kappa shape index (κ1) is 16.5. The van der Waals surface area contributed by atoms with Crippen LogP contribution in [0, 0.1) is 0 Å². The van der Waals surface area contributed by atoms with Crippen molar-refractivity contribution in [2.45, 2.75) is 26.3 Å². The second kappa shape index (κ2) is 7.42. The molecule has 1 unspecified atom stereocenters. The molecular formula is C15H16Cl2N4O. The number of aromatic nitrogens is 2. The Labute approximate surface area is 139 Å². The zero-order valence-electron chi connectivity index (χ0n) is 12.2. The van der Waals surface area contributed by atoms with Crippen LogP contribution in [0.25, 0.3) is 0 Å².